The van der Waals surface area contributed by atoms with Crippen molar-refractivity contribution in [2.75, 3.05) is 7.11 Å². The zero-order valence-electron chi connectivity index (χ0n) is 30.4. The van der Waals surface area contributed by atoms with E-state index in [-0.39, 0.29) is 5.78 Å². The first kappa shape index (κ1) is 37.0. The summed E-state index contributed by atoms with van der Waals surface area (Å²) in [5, 5.41) is 0. The highest BCUT2D eigenvalue weighted by molar-refractivity contribution is 5.97. The molecular weight excluding hydrogens is 680 g/mol. The van der Waals surface area contributed by atoms with E-state index in [1.54, 1.807) is 61.7 Å². The van der Waals surface area contributed by atoms with Gasteiger partial charge in [0.15, 0.2) is 5.78 Å². The fourth-order valence-electron chi connectivity index (χ4n) is 5.88. The molecule has 0 heterocycles. The van der Waals surface area contributed by atoms with Crippen LogP contribution in [0.5, 0.6) is 23.0 Å². The van der Waals surface area contributed by atoms with Crippen LogP contribution in [0.2, 0.25) is 0 Å². The topological polar surface area (TPSA) is 105 Å². The number of methoxy groups -OCH3 is 1. The second-order valence-electron chi connectivity index (χ2n) is 12.9. The van der Waals surface area contributed by atoms with Crippen LogP contribution in [0, 0.1) is 13.8 Å². The van der Waals surface area contributed by atoms with E-state index in [4.69, 9.17) is 18.9 Å². The number of Topliss-reactive ketones (excluding diaryl/α,β-unsaturated/α-hetero) is 1. The lowest BCUT2D eigenvalue weighted by atomic mass is 10.0. The molecule has 0 aliphatic carbocycles. The molecule has 6 aromatic rings. The Kier molecular flexibility index (Phi) is 11.4. The van der Waals surface area contributed by atoms with Gasteiger partial charge in [-0.1, -0.05) is 60.7 Å². The first-order valence-corrected chi connectivity index (χ1v) is 17.3. The fraction of sp³-hybridized carbons (Fsp3) is 0.130. The van der Waals surface area contributed by atoms with Crippen molar-refractivity contribution in [3.05, 3.63) is 189 Å². The van der Waals surface area contributed by atoms with Gasteiger partial charge in [0, 0.05) is 5.56 Å². The number of hydrogen-bond donors (Lipinski definition) is 0. The van der Waals surface area contributed by atoms with Crippen LogP contribution >= 0.6 is 0 Å². The minimum atomic E-state index is -0.555. The van der Waals surface area contributed by atoms with Crippen molar-refractivity contribution in [3.8, 4) is 23.0 Å². The number of rotatable bonds is 12. The van der Waals surface area contributed by atoms with Gasteiger partial charge in [0.2, 0.25) is 0 Å². The number of benzene rings is 6. The number of carbonyl (C=O) groups is 4. The lowest BCUT2D eigenvalue weighted by Crippen LogP contribution is -2.11. The summed E-state index contributed by atoms with van der Waals surface area (Å²) in [6, 6.07) is 38.7. The number of carbonyl (C=O) groups excluding carboxylic acids is 4. The van der Waals surface area contributed by atoms with Crippen LogP contribution in [-0.4, -0.2) is 30.8 Å². The molecule has 0 aliphatic rings. The summed E-state index contributed by atoms with van der Waals surface area (Å²) in [7, 11) is 1.66. The normalized spacial score (nSPS) is 10.7. The number of ether oxygens (including phenoxy) is 4. The van der Waals surface area contributed by atoms with Crippen LogP contribution in [0.1, 0.15) is 81.7 Å². The van der Waals surface area contributed by atoms with E-state index in [1.807, 2.05) is 62.4 Å². The van der Waals surface area contributed by atoms with Gasteiger partial charge in [-0.15, -0.1) is 0 Å². The molecule has 8 nitrogen and oxygen atoms in total. The van der Waals surface area contributed by atoms with Crippen molar-refractivity contribution in [1.82, 2.24) is 0 Å². The molecule has 54 heavy (non-hydrogen) atoms. The minimum Gasteiger partial charge on any atom is -0.496 e. The molecule has 6 aromatic carbocycles. The van der Waals surface area contributed by atoms with Crippen LogP contribution < -0.4 is 18.9 Å². The molecule has 8 heteroatoms. The van der Waals surface area contributed by atoms with Crippen LogP contribution in [0.4, 0.5) is 0 Å². The maximum atomic E-state index is 12.9. The van der Waals surface area contributed by atoms with Crippen molar-refractivity contribution >= 4 is 23.7 Å². The Bertz CT molecular complexity index is 2300. The molecule has 270 valence electrons. The second kappa shape index (κ2) is 16.7. The third-order valence-corrected chi connectivity index (χ3v) is 8.87. The van der Waals surface area contributed by atoms with Gasteiger partial charge in [-0.2, -0.15) is 0 Å². The number of esters is 3. The van der Waals surface area contributed by atoms with E-state index in [9.17, 15) is 19.2 Å². The Morgan fingerprint density at radius 3 is 1.17 bits per heavy atom. The highest BCUT2D eigenvalue weighted by Gasteiger charge is 2.15. The molecule has 0 atom stereocenters. The molecule has 0 saturated heterocycles. The van der Waals surface area contributed by atoms with Crippen molar-refractivity contribution in [1.29, 1.82) is 0 Å². The predicted molar refractivity (Wildman–Crippen MR) is 205 cm³/mol. The van der Waals surface area contributed by atoms with E-state index >= 15 is 0 Å². The Morgan fingerprint density at radius 2 is 0.778 bits per heavy atom. The largest absolute Gasteiger partial charge is 0.496 e. The van der Waals surface area contributed by atoms with Crippen LogP contribution in [0.25, 0.3) is 0 Å². The average molecular weight is 719 g/mol. The van der Waals surface area contributed by atoms with Crippen molar-refractivity contribution in [3.63, 3.8) is 0 Å². The number of ketones is 1. The van der Waals surface area contributed by atoms with Gasteiger partial charge < -0.3 is 18.9 Å². The molecule has 0 spiro atoms. The molecular formula is C46H38O8. The zero-order chi connectivity index (χ0) is 38.2. The molecule has 0 aromatic heterocycles. The van der Waals surface area contributed by atoms with Crippen molar-refractivity contribution in [2.45, 2.75) is 33.6 Å². The zero-order valence-corrected chi connectivity index (χ0v) is 30.4. The molecule has 0 unspecified atom stereocenters. The summed E-state index contributed by atoms with van der Waals surface area (Å²) >= 11 is 0. The smallest absolute Gasteiger partial charge is 0.343 e. The van der Waals surface area contributed by atoms with Gasteiger partial charge in [-0.05, 0) is 140 Å². The van der Waals surface area contributed by atoms with E-state index in [0.29, 0.717) is 45.9 Å². The molecule has 0 amide bonds. The van der Waals surface area contributed by atoms with Gasteiger partial charge in [-0.3, -0.25) is 4.79 Å². The van der Waals surface area contributed by atoms with E-state index < -0.39 is 17.9 Å². The van der Waals surface area contributed by atoms with Crippen LogP contribution in [-0.2, 0) is 12.8 Å². The molecule has 0 fully saturated rings. The monoisotopic (exact) mass is 718 g/mol. The Morgan fingerprint density at radius 1 is 0.426 bits per heavy atom. The summed E-state index contributed by atoms with van der Waals surface area (Å²) in [4.78, 5) is 49.8. The summed E-state index contributed by atoms with van der Waals surface area (Å²) in [5.74, 6) is 0.443. The third kappa shape index (κ3) is 9.35. The van der Waals surface area contributed by atoms with E-state index in [1.165, 1.54) is 31.2 Å². The molecule has 0 radical (unpaired) electrons. The second-order valence-corrected chi connectivity index (χ2v) is 12.9. The van der Waals surface area contributed by atoms with E-state index in [2.05, 4.69) is 6.07 Å². The Labute approximate surface area is 313 Å². The lowest BCUT2D eigenvalue weighted by Gasteiger charge is -2.11. The summed E-state index contributed by atoms with van der Waals surface area (Å²) in [6.07, 6.45) is 1.35. The van der Waals surface area contributed by atoms with Gasteiger partial charge >= 0.3 is 17.9 Å². The SMILES string of the molecule is COc1ccc(Cc2ccc(OC(=O)c3ccc(C(=O)Oc4ccc(Cc5ccc(OC(=O)c6ccc(C(C)=O)cc6)cc5)cc4)cc3)c(C)c2)cc1C. The Balaban J connectivity index is 0.981. The first-order chi connectivity index (χ1) is 26.0. The molecule has 0 N–H and O–H groups in total. The predicted octanol–water partition coefficient (Wildman–Crippen LogP) is 9.35. The first-order valence-electron chi connectivity index (χ1n) is 17.3. The van der Waals surface area contributed by atoms with Gasteiger partial charge in [0.1, 0.15) is 23.0 Å². The van der Waals surface area contributed by atoms with Gasteiger partial charge in [-0.25, -0.2) is 14.4 Å². The Hall–Kier alpha value is -6.80. The maximum Gasteiger partial charge on any atom is 0.343 e. The van der Waals surface area contributed by atoms with Crippen LogP contribution in [0.15, 0.2) is 133 Å². The molecule has 0 saturated carbocycles. The summed E-state index contributed by atoms with van der Waals surface area (Å²) < 4.78 is 22.1. The number of hydrogen-bond acceptors (Lipinski definition) is 8. The standard InChI is InChI=1S/C46H38O8/c1-29-25-34(9-23-42(29)51-4)28-35-10-24-43(30(2)26-35)54-46(50)39-17-15-38(16-18-39)45(49)53-41-21-7-33(8-22-41)27-32-5-19-40(20-6-32)52-44(48)37-13-11-36(12-14-37)31(3)47/h5-26H,27-28H2,1-4H3. The minimum absolute atomic E-state index is 0.0737. The molecule has 0 bridgehead atoms. The van der Waals surface area contributed by atoms with Gasteiger partial charge in [0.25, 0.3) is 0 Å². The van der Waals surface area contributed by atoms with Crippen molar-refractivity contribution < 1.29 is 38.1 Å². The van der Waals surface area contributed by atoms with Crippen molar-refractivity contribution in [2.24, 2.45) is 0 Å². The summed E-state index contributed by atoms with van der Waals surface area (Å²) in [5.41, 5.74) is 7.63. The lowest BCUT2D eigenvalue weighted by molar-refractivity contribution is 0.0720. The summed E-state index contributed by atoms with van der Waals surface area (Å²) in [6.45, 7) is 5.38. The quantitative estimate of drug-likeness (QED) is 0.0701. The fourth-order valence-corrected chi connectivity index (χ4v) is 5.88. The van der Waals surface area contributed by atoms with E-state index in [0.717, 1.165) is 45.6 Å². The highest BCUT2D eigenvalue weighted by atomic mass is 16.5. The highest BCUT2D eigenvalue weighted by Crippen LogP contribution is 2.25. The molecule has 0 aliphatic heterocycles. The maximum absolute atomic E-state index is 12.9. The number of aryl methyl sites for hydroxylation is 2. The average Bonchev–Trinajstić information content (AvgIpc) is 3.17. The molecule has 6 rings (SSSR count). The van der Waals surface area contributed by atoms with Gasteiger partial charge in [0.05, 0.1) is 23.8 Å². The van der Waals surface area contributed by atoms with Crippen LogP contribution in [0.3, 0.4) is 0 Å². The third-order valence-electron chi connectivity index (χ3n) is 8.87.